The monoisotopic (exact) mass is 534 g/mol. The number of halogens is 1. The highest BCUT2D eigenvalue weighted by atomic mass is 79.9. The Morgan fingerprint density at radius 2 is 1.57 bits per heavy atom. The van der Waals surface area contributed by atoms with Gasteiger partial charge in [0.15, 0.2) is 6.61 Å². The summed E-state index contributed by atoms with van der Waals surface area (Å²) in [5.74, 6) is 0.290. The van der Waals surface area contributed by atoms with Crippen molar-refractivity contribution in [3.8, 4) is 5.75 Å². The van der Waals surface area contributed by atoms with E-state index >= 15 is 0 Å². The fourth-order valence-corrected chi connectivity index (χ4v) is 4.94. The molecule has 3 aromatic rings. The third kappa shape index (κ3) is 7.43. The lowest BCUT2D eigenvalue weighted by molar-refractivity contribution is -0.143. The summed E-state index contributed by atoms with van der Waals surface area (Å²) in [4.78, 5) is 28.9. The molecular formula is C29H31BrN2O3. The molecule has 0 saturated heterocycles. The maximum absolute atomic E-state index is 13.6. The van der Waals surface area contributed by atoms with Crippen molar-refractivity contribution in [2.75, 3.05) is 6.61 Å². The van der Waals surface area contributed by atoms with Crippen molar-refractivity contribution in [1.82, 2.24) is 10.2 Å². The minimum atomic E-state index is -0.649. The Kier molecular flexibility index (Phi) is 8.96. The minimum Gasteiger partial charge on any atom is -0.484 e. The molecule has 1 aliphatic rings. The van der Waals surface area contributed by atoms with Gasteiger partial charge < -0.3 is 15.0 Å². The van der Waals surface area contributed by atoms with E-state index in [0.29, 0.717) is 18.7 Å². The Morgan fingerprint density at radius 3 is 2.26 bits per heavy atom. The summed E-state index contributed by atoms with van der Waals surface area (Å²) in [6.07, 6.45) is 4.66. The van der Waals surface area contributed by atoms with Gasteiger partial charge in [0.2, 0.25) is 5.91 Å². The van der Waals surface area contributed by atoms with E-state index in [0.717, 1.165) is 41.3 Å². The van der Waals surface area contributed by atoms with Gasteiger partial charge in [-0.1, -0.05) is 89.4 Å². The van der Waals surface area contributed by atoms with Crippen molar-refractivity contribution >= 4 is 27.7 Å². The van der Waals surface area contributed by atoms with E-state index in [4.69, 9.17) is 4.74 Å². The smallest absolute Gasteiger partial charge is 0.261 e. The molecular weight excluding hydrogens is 504 g/mol. The van der Waals surface area contributed by atoms with E-state index in [1.165, 1.54) is 0 Å². The van der Waals surface area contributed by atoms with E-state index in [1.807, 2.05) is 84.9 Å². The molecule has 3 aromatic carbocycles. The summed E-state index contributed by atoms with van der Waals surface area (Å²) in [5.41, 5.74) is 1.95. The van der Waals surface area contributed by atoms with Gasteiger partial charge in [-0.15, -0.1) is 0 Å². The zero-order valence-electron chi connectivity index (χ0n) is 19.7. The maximum atomic E-state index is 13.6. The number of para-hydroxylation sites is 1. The van der Waals surface area contributed by atoms with Crippen LogP contribution in [0.2, 0.25) is 0 Å². The molecule has 0 aromatic heterocycles. The molecule has 1 saturated carbocycles. The van der Waals surface area contributed by atoms with Gasteiger partial charge in [-0.2, -0.15) is 0 Å². The minimum absolute atomic E-state index is 0.108. The molecule has 1 fully saturated rings. The zero-order valence-corrected chi connectivity index (χ0v) is 21.3. The topological polar surface area (TPSA) is 58.6 Å². The molecule has 0 bridgehead atoms. The Bertz CT molecular complexity index is 1100. The summed E-state index contributed by atoms with van der Waals surface area (Å²) in [6, 6.07) is 26.5. The van der Waals surface area contributed by atoms with E-state index < -0.39 is 6.04 Å². The van der Waals surface area contributed by atoms with Gasteiger partial charge >= 0.3 is 0 Å². The van der Waals surface area contributed by atoms with Crippen molar-refractivity contribution in [2.24, 2.45) is 0 Å². The van der Waals surface area contributed by atoms with Crippen molar-refractivity contribution in [1.29, 1.82) is 0 Å². The number of ether oxygens (including phenoxy) is 1. The van der Waals surface area contributed by atoms with Gasteiger partial charge in [0, 0.05) is 23.5 Å². The highest BCUT2D eigenvalue weighted by molar-refractivity contribution is 9.10. The molecule has 182 valence electrons. The van der Waals surface area contributed by atoms with Crippen LogP contribution in [-0.2, 0) is 22.6 Å². The second kappa shape index (κ2) is 12.5. The first-order chi connectivity index (χ1) is 17.1. The van der Waals surface area contributed by atoms with Gasteiger partial charge in [0.25, 0.3) is 5.91 Å². The Balaban J connectivity index is 1.61. The molecule has 0 heterocycles. The fraction of sp³-hybridized carbons (Fsp3) is 0.310. The molecule has 1 unspecified atom stereocenters. The first kappa shape index (κ1) is 25.0. The van der Waals surface area contributed by atoms with Crippen LogP contribution >= 0.6 is 15.9 Å². The van der Waals surface area contributed by atoms with E-state index in [9.17, 15) is 9.59 Å². The first-order valence-corrected chi connectivity index (χ1v) is 12.9. The molecule has 0 radical (unpaired) electrons. The van der Waals surface area contributed by atoms with Crippen molar-refractivity contribution in [3.63, 3.8) is 0 Å². The van der Waals surface area contributed by atoms with E-state index in [2.05, 4.69) is 21.2 Å². The average molecular weight is 535 g/mol. The second-order valence-electron chi connectivity index (χ2n) is 8.95. The van der Waals surface area contributed by atoms with Crippen LogP contribution in [-0.4, -0.2) is 35.4 Å². The molecule has 1 atom stereocenters. The number of benzene rings is 3. The van der Waals surface area contributed by atoms with Gasteiger partial charge in [-0.05, 0) is 48.2 Å². The summed E-state index contributed by atoms with van der Waals surface area (Å²) in [6.45, 7) is 0.173. The van der Waals surface area contributed by atoms with E-state index in [1.54, 1.807) is 4.90 Å². The quantitative estimate of drug-likeness (QED) is 0.372. The van der Waals surface area contributed by atoms with Crippen LogP contribution in [0.4, 0.5) is 0 Å². The van der Waals surface area contributed by atoms with Gasteiger partial charge in [0.1, 0.15) is 11.8 Å². The fourth-order valence-electron chi connectivity index (χ4n) is 4.50. The largest absolute Gasteiger partial charge is 0.484 e. The van der Waals surface area contributed by atoms with Gasteiger partial charge in [-0.25, -0.2) is 0 Å². The summed E-state index contributed by atoms with van der Waals surface area (Å²) >= 11 is 3.52. The second-order valence-corrected chi connectivity index (χ2v) is 9.86. The standard InChI is InChI=1S/C29H31BrN2O3/c30-24-13-9-12-23(18-24)20-32(28(33)21-35-26-16-5-2-6-17-26)27(19-22-10-3-1-4-11-22)29(34)31-25-14-7-8-15-25/h1-6,9-13,16-18,25,27H,7-8,14-15,19-21H2,(H,31,34). The SMILES string of the molecule is O=C(NC1CCCC1)C(Cc1ccccc1)N(Cc1cccc(Br)c1)C(=O)COc1ccccc1. The normalized spacial score (nSPS) is 14.3. The number of rotatable bonds is 10. The first-order valence-electron chi connectivity index (χ1n) is 12.1. The van der Waals surface area contributed by atoms with Crippen LogP contribution in [0.1, 0.15) is 36.8 Å². The number of nitrogens with zero attached hydrogens (tertiary/aromatic N) is 1. The van der Waals surface area contributed by atoms with Crippen LogP contribution in [0.3, 0.4) is 0 Å². The molecule has 5 nitrogen and oxygen atoms in total. The van der Waals surface area contributed by atoms with Crippen LogP contribution in [0, 0.1) is 0 Å². The van der Waals surface area contributed by atoms with Gasteiger partial charge in [-0.3, -0.25) is 9.59 Å². The molecule has 4 rings (SSSR count). The molecule has 1 aliphatic carbocycles. The van der Waals surface area contributed by atoms with Crippen LogP contribution in [0.15, 0.2) is 89.4 Å². The predicted octanol–water partition coefficient (Wildman–Crippen LogP) is 5.53. The molecule has 1 N–H and O–H groups in total. The van der Waals surface area contributed by atoms with Crippen molar-refractivity contribution in [3.05, 3.63) is 101 Å². The van der Waals surface area contributed by atoms with Crippen molar-refractivity contribution < 1.29 is 14.3 Å². The lowest BCUT2D eigenvalue weighted by Gasteiger charge is -2.32. The maximum Gasteiger partial charge on any atom is 0.261 e. The molecule has 0 aliphatic heterocycles. The molecule has 0 spiro atoms. The lowest BCUT2D eigenvalue weighted by Crippen LogP contribution is -2.53. The number of carbonyl (C=O) groups excluding carboxylic acids is 2. The number of nitrogens with one attached hydrogen (secondary N) is 1. The Morgan fingerprint density at radius 1 is 0.914 bits per heavy atom. The summed E-state index contributed by atoms with van der Waals surface area (Å²) < 4.78 is 6.72. The van der Waals surface area contributed by atoms with E-state index in [-0.39, 0.29) is 24.5 Å². The average Bonchev–Trinajstić information content (AvgIpc) is 3.39. The molecule has 35 heavy (non-hydrogen) atoms. The number of hydrogen-bond donors (Lipinski definition) is 1. The Hall–Kier alpha value is -3.12. The van der Waals surface area contributed by atoms with Gasteiger partial charge in [0.05, 0.1) is 0 Å². The molecule has 6 heteroatoms. The highest BCUT2D eigenvalue weighted by Crippen LogP contribution is 2.21. The highest BCUT2D eigenvalue weighted by Gasteiger charge is 2.32. The van der Waals surface area contributed by atoms with Crippen molar-refractivity contribution in [2.45, 2.75) is 50.7 Å². The lowest BCUT2D eigenvalue weighted by atomic mass is 10.0. The third-order valence-electron chi connectivity index (χ3n) is 6.32. The number of amides is 2. The van der Waals surface area contributed by atoms with Crippen LogP contribution in [0.5, 0.6) is 5.75 Å². The van der Waals surface area contributed by atoms with Crippen LogP contribution < -0.4 is 10.1 Å². The number of carbonyl (C=O) groups is 2. The summed E-state index contributed by atoms with van der Waals surface area (Å²) in [5, 5.41) is 3.22. The van der Waals surface area contributed by atoms with Crippen LogP contribution in [0.25, 0.3) is 0 Å². The number of hydrogen-bond acceptors (Lipinski definition) is 3. The zero-order chi connectivity index (χ0) is 24.5. The predicted molar refractivity (Wildman–Crippen MR) is 141 cm³/mol. The molecule has 2 amide bonds. The Labute approximate surface area is 215 Å². The third-order valence-corrected chi connectivity index (χ3v) is 6.81. The summed E-state index contributed by atoms with van der Waals surface area (Å²) in [7, 11) is 0.